The lowest BCUT2D eigenvalue weighted by atomic mass is 10.1. The Morgan fingerprint density at radius 3 is 2.24 bits per heavy atom. The Morgan fingerprint density at radius 2 is 1.54 bits per heavy atom. The van der Waals surface area contributed by atoms with E-state index in [2.05, 4.69) is 46.1 Å². The van der Waals surface area contributed by atoms with Crippen molar-refractivity contribution in [2.75, 3.05) is 37.7 Å². The summed E-state index contributed by atoms with van der Waals surface area (Å²) in [6.07, 6.45) is 2.45. The maximum atomic E-state index is 13.6. The SMILES string of the molecule is Cc1ccc(CCOc2c(N3CCN(Cc4ccc(F)cc4)CC3)cnn(-c3ccccc3)c2=O)cc1. The van der Waals surface area contributed by atoms with Crippen molar-refractivity contribution in [3.8, 4) is 11.4 Å². The lowest BCUT2D eigenvalue weighted by molar-refractivity contribution is 0.247. The Hall–Kier alpha value is -3.97. The number of nitrogens with zero attached hydrogens (tertiary/aromatic N) is 4. The molecule has 1 aromatic heterocycles. The summed E-state index contributed by atoms with van der Waals surface area (Å²) >= 11 is 0. The average molecular weight is 499 g/mol. The molecule has 0 aliphatic carbocycles. The fraction of sp³-hybridized carbons (Fsp3) is 0.267. The lowest BCUT2D eigenvalue weighted by Crippen LogP contribution is -2.46. The minimum atomic E-state index is -0.263. The van der Waals surface area contributed by atoms with E-state index < -0.39 is 0 Å². The molecule has 0 unspecified atom stereocenters. The molecule has 1 aliphatic rings. The van der Waals surface area contributed by atoms with Crippen LogP contribution in [0.3, 0.4) is 0 Å². The summed E-state index contributed by atoms with van der Waals surface area (Å²) in [6.45, 7) is 6.35. The van der Waals surface area contributed by atoms with Crippen molar-refractivity contribution in [1.82, 2.24) is 14.7 Å². The van der Waals surface area contributed by atoms with E-state index in [4.69, 9.17) is 4.74 Å². The van der Waals surface area contributed by atoms with Gasteiger partial charge in [-0.15, -0.1) is 0 Å². The highest BCUT2D eigenvalue weighted by Crippen LogP contribution is 2.26. The van der Waals surface area contributed by atoms with Crippen molar-refractivity contribution in [3.05, 3.63) is 118 Å². The first-order valence-electron chi connectivity index (χ1n) is 12.6. The van der Waals surface area contributed by atoms with Gasteiger partial charge in [0, 0.05) is 39.1 Å². The molecule has 6 nitrogen and oxygen atoms in total. The summed E-state index contributed by atoms with van der Waals surface area (Å²) in [5.74, 6) is 0.110. The third-order valence-corrected chi connectivity index (χ3v) is 6.71. The second-order valence-electron chi connectivity index (χ2n) is 9.39. The lowest BCUT2D eigenvalue weighted by Gasteiger charge is -2.36. The number of hydrogen-bond acceptors (Lipinski definition) is 5. The molecule has 7 heteroatoms. The molecular weight excluding hydrogens is 467 g/mol. The molecule has 5 rings (SSSR count). The standard InChI is InChI=1S/C30H31FN4O2/c1-23-7-9-24(10-8-23)15-20-37-29-28(21-32-35(30(29)36)27-5-3-2-4-6-27)34-18-16-33(17-19-34)22-25-11-13-26(31)14-12-25/h2-14,21H,15-20,22H2,1H3. The van der Waals surface area contributed by atoms with Crippen LogP contribution in [0.4, 0.5) is 10.1 Å². The summed E-state index contributed by atoms with van der Waals surface area (Å²) in [5.41, 5.74) is 4.63. The number of aryl methyl sites for hydroxylation is 1. The van der Waals surface area contributed by atoms with Crippen molar-refractivity contribution in [1.29, 1.82) is 0 Å². The highest BCUT2D eigenvalue weighted by molar-refractivity contribution is 5.57. The Morgan fingerprint density at radius 1 is 0.865 bits per heavy atom. The van der Waals surface area contributed by atoms with Crippen molar-refractivity contribution >= 4 is 5.69 Å². The van der Waals surface area contributed by atoms with E-state index in [-0.39, 0.29) is 11.4 Å². The molecule has 1 fully saturated rings. The minimum absolute atomic E-state index is 0.221. The maximum absolute atomic E-state index is 13.6. The van der Waals surface area contributed by atoms with Crippen LogP contribution in [0, 0.1) is 12.7 Å². The maximum Gasteiger partial charge on any atom is 0.316 e. The van der Waals surface area contributed by atoms with E-state index in [1.807, 2.05) is 42.5 Å². The number of halogens is 1. The van der Waals surface area contributed by atoms with Crippen LogP contribution < -0.4 is 15.2 Å². The quantitative estimate of drug-likeness (QED) is 0.355. The first kappa shape index (κ1) is 24.7. The minimum Gasteiger partial charge on any atom is -0.486 e. The molecule has 0 spiro atoms. The largest absolute Gasteiger partial charge is 0.486 e. The van der Waals surface area contributed by atoms with Crippen LogP contribution in [0.2, 0.25) is 0 Å². The monoisotopic (exact) mass is 498 g/mol. The van der Waals surface area contributed by atoms with Gasteiger partial charge < -0.3 is 9.64 Å². The zero-order chi connectivity index (χ0) is 25.6. The molecule has 0 amide bonds. The van der Waals surface area contributed by atoms with Crippen LogP contribution in [-0.4, -0.2) is 47.5 Å². The van der Waals surface area contributed by atoms with Gasteiger partial charge in [0.1, 0.15) is 11.5 Å². The number of rotatable bonds is 8. The molecule has 0 saturated carbocycles. The van der Waals surface area contributed by atoms with E-state index in [1.165, 1.54) is 27.9 Å². The number of para-hydroxylation sites is 1. The highest BCUT2D eigenvalue weighted by atomic mass is 19.1. The molecule has 37 heavy (non-hydrogen) atoms. The fourth-order valence-electron chi connectivity index (χ4n) is 4.56. The normalized spacial score (nSPS) is 14.1. The van der Waals surface area contributed by atoms with Crippen LogP contribution >= 0.6 is 0 Å². The smallest absolute Gasteiger partial charge is 0.316 e. The Kier molecular flexibility index (Phi) is 7.61. The zero-order valence-corrected chi connectivity index (χ0v) is 21.0. The van der Waals surface area contributed by atoms with Gasteiger partial charge in [0.15, 0.2) is 0 Å². The molecule has 1 saturated heterocycles. The second-order valence-corrected chi connectivity index (χ2v) is 9.39. The van der Waals surface area contributed by atoms with Gasteiger partial charge in [0.2, 0.25) is 5.75 Å². The van der Waals surface area contributed by atoms with Crippen molar-refractivity contribution in [3.63, 3.8) is 0 Å². The molecular formula is C30H31FN4O2. The first-order chi connectivity index (χ1) is 18.1. The molecule has 0 radical (unpaired) electrons. The van der Waals surface area contributed by atoms with Gasteiger partial charge in [0.05, 0.1) is 18.5 Å². The van der Waals surface area contributed by atoms with Gasteiger partial charge in [-0.1, -0.05) is 60.2 Å². The van der Waals surface area contributed by atoms with Gasteiger partial charge in [-0.2, -0.15) is 9.78 Å². The molecule has 0 atom stereocenters. The fourth-order valence-corrected chi connectivity index (χ4v) is 4.56. The van der Waals surface area contributed by atoms with Gasteiger partial charge in [-0.3, -0.25) is 9.69 Å². The van der Waals surface area contributed by atoms with E-state index in [9.17, 15) is 9.18 Å². The summed E-state index contributed by atoms with van der Waals surface area (Å²) in [6, 6.07) is 24.4. The van der Waals surface area contributed by atoms with Crippen molar-refractivity contribution in [2.24, 2.45) is 0 Å². The third-order valence-electron chi connectivity index (χ3n) is 6.71. The molecule has 0 bridgehead atoms. The number of hydrogen-bond donors (Lipinski definition) is 0. The van der Waals surface area contributed by atoms with Crippen molar-refractivity contribution in [2.45, 2.75) is 19.9 Å². The van der Waals surface area contributed by atoms with Crippen LogP contribution in [0.1, 0.15) is 16.7 Å². The first-order valence-corrected chi connectivity index (χ1v) is 12.6. The van der Waals surface area contributed by atoms with Crippen LogP contribution in [0.25, 0.3) is 5.69 Å². The second kappa shape index (κ2) is 11.4. The predicted molar refractivity (Wildman–Crippen MR) is 144 cm³/mol. The topological polar surface area (TPSA) is 50.6 Å². The van der Waals surface area contributed by atoms with Crippen LogP contribution in [0.5, 0.6) is 5.75 Å². The van der Waals surface area contributed by atoms with E-state index >= 15 is 0 Å². The molecule has 3 aromatic carbocycles. The van der Waals surface area contributed by atoms with Crippen LogP contribution in [-0.2, 0) is 13.0 Å². The molecule has 0 N–H and O–H groups in total. The van der Waals surface area contributed by atoms with Gasteiger partial charge >= 0.3 is 5.56 Å². The van der Waals surface area contributed by atoms with Crippen molar-refractivity contribution < 1.29 is 9.13 Å². The Labute approximate surface area is 216 Å². The summed E-state index contributed by atoms with van der Waals surface area (Å²) in [5, 5.41) is 4.49. The number of anilines is 1. The Bertz CT molecular complexity index is 1360. The van der Waals surface area contributed by atoms with Crippen LogP contribution in [0.15, 0.2) is 89.9 Å². The van der Waals surface area contributed by atoms with Gasteiger partial charge in [-0.05, 0) is 42.3 Å². The average Bonchev–Trinajstić information content (AvgIpc) is 2.93. The van der Waals surface area contributed by atoms with Gasteiger partial charge in [-0.25, -0.2) is 4.39 Å². The highest BCUT2D eigenvalue weighted by Gasteiger charge is 2.23. The predicted octanol–water partition coefficient (Wildman–Crippen LogP) is 4.62. The molecule has 1 aliphatic heterocycles. The van der Waals surface area contributed by atoms with E-state index in [0.717, 1.165) is 44.0 Å². The molecule has 2 heterocycles. The number of aromatic nitrogens is 2. The number of ether oxygens (including phenoxy) is 1. The number of benzene rings is 3. The summed E-state index contributed by atoms with van der Waals surface area (Å²) < 4.78 is 20.8. The van der Waals surface area contributed by atoms with Gasteiger partial charge in [0.25, 0.3) is 0 Å². The summed E-state index contributed by atoms with van der Waals surface area (Å²) in [4.78, 5) is 18.1. The number of piperazine rings is 1. The zero-order valence-electron chi connectivity index (χ0n) is 21.0. The molecule has 4 aromatic rings. The van der Waals surface area contributed by atoms with E-state index in [0.29, 0.717) is 24.5 Å². The summed E-state index contributed by atoms with van der Waals surface area (Å²) in [7, 11) is 0. The molecule has 190 valence electrons. The Balaban J connectivity index is 1.33. The van der Waals surface area contributed by atoms with E-state index in [1.54, 1.807) is 6.20 Å². The third kappa shape index (κ3) is 6.06.